The summed E-state index contributed by atoms with van der Waals surface area (Å²) < 4.78 is 43.9. The highest BCUT2D eigenvalue weighted by molar-refractivity contribution is 5.97. The number of benzene rings is 2. The van der Waals surface area contributed by atoms with Gasteiger partial charge in [0.05, 0.1) is 18.9 Å². The van der Waals surface area contributed by atoms with Gasteiger partial charge < -0.3 is 19.2 Å². The smallest absolute Gasteiger partial charge is 0.256 e. The first-order chi connectivity index (χ1) is 14.5. The van der Waals surface area contributed by atoms with E-state index in [-0.39, 0.29) is 22.9 Å². The van der Waals surface area contributed by atoms with Gasteiger partial charge in [-0.05, 0) is 37.1 Å². The molecule has 1 saturated heterocycles. The Bertz CT molecular complexity index is 1130. The van der Waals surface area contributed by atoms with Gasteiger partial charge in [-0.15, -0.1) is 0 Å². The monoisotopic (exact) mass is 414 g/mol. The van der Waals surface area contributed by atoms with Gasteiger partial charge in [0.1, 0.15) is 17.2 Å². The molecule has 6 nitrogen and oxygen atoms in total. The first-order valence-electron chi connectivity index (χ1n) is 9.55. The molecule has 1 aliphatic heterocycles. The van der Waals surface area contributed by atoms with Crippen LogP contribution in [0.1, 0.15) is 23.2 Å². The topological polar surface area (TPSA) is 73.1 Å². The predicted molar refractivity (Wildman–Crippen MR) is 106 cm³/mol. The van der Waals surface area contributed by atoms with E-state index in [9.17, 15) is 13.6 Å². The number of ether oxygens (including phenoxy) is 2. The van der Waals surface area contributed by atoms with Crippen molar-refractivity contribution in [1.82, 2.24) is 5.32 Å². The molecular formula is C22H20F2N2O4. The van der Waals surface area contributed by atoms with Crippen LogP contribution in [0, 0.1) is 11.6 Å². The minimum atomic E-state index is -0.781. The van der Waals surface area contributed by atoms with Gasteiger partial charge in [0.25, 0.3) is 5.91 Å². The highest BCUT2D eigenvalue weighted by Crippen LogP contribution is 2.25. The van der Waals surface area contributed by atoms with Crippen molar-refractivity contribution in [3.63, 3.8) is 0 Å². The number of hydrogen-bond acceptors (Lipinski definition) is 5. The maximum atomic E-state index is 13.6. The Morgan fingerprint density at radius 3 is 2.73 bits per heavy atom. The van der Waals surface area contributed by atoms with Gasteiger partial charge in [-0.2, -0.15) is 0 Å². The molecule has 0 radical (unpaired) electrons. The third kappa shape index (κ3) is 4.33. The second-order valence-corrected chi connectivity index (χ2v) is 6.93. The Labute approximate surface area is 171 Å². The Balaban J connectivity index is 1.81. The van der Waals surface area contributed by atoms with Crippen LogP contribution in [0.25, 0.3) is 11.0 Å². The molecule has 4 rings (SSSR count). The molecule has 0 bridgehead atoms. The summed E-state index contributed by atoms with van der Waals surface area (Å²) in [6.07, 6.45) is 1.79. The highest BCUT2D eigenvalue weighted by Gasteiger charge is 2.19. The number of hydrogen-bond donors (Lipinski definition) is 1. The lowest BCUT2D eigenvalue weighted by Gasteiger charge is -2.12. The number of amides is 1. The van der Waals surface area contributed by atoms with E-state index in [1.807, 2.05) is 0 Å². The van der Waals surface area contributed by atoms with E-state index < -0.39 is 17.5 Å². The van der Waals surface area contributed by atoms with Crippen LogP contribution < -0.4 is 15.6 Å². The zero-order chi connectivity index (χ0) is 21.1. The first-order valence-corrected chi connectivity index (χ1v) is 9.55. The van der Waals surface area contributed by atoms with Gasteiger partial charge in [0, 0.05) is 24.6 Å². The molecule has 1 fully saturated rings. The van der Waals surface area contributed by atoms with E-state index >= 15 is 0 Å². The number of nitrogens with one attached hydrogen (secondary N) is 1. The lowest BCUT2D eigenvalue weighted by atomic mass is 10.1. The molecule has 1 aromatic heterocycles. The normalized spacial score (nSPS) is 16.8. The van der Waals surface area contributed by atoms with Gasteiger partial charge in [0.15, 0.2) is 11.3 Å². The molecule has 0 spiro atoms. The van der Waals surface area contributed by atoms with E-state index in [2.05, 4.69) is 10.3 Å². The van der Waals surface area contributed by atoms with Crippen molar-refractivity contribution in [2.24, 2.45) is 4.99 Å². The molecule has 1 aliphatic rings. The lowest BCUT2D eigenvalue weighted by Crippen LogP contribution is -2.34. The fraction of sp³-hybridized carbons (Fsp3) is 0.273. The fourth-order valence-corrected chi connectivity index (χ4v) is 3.36. The van der Waals surface area contributed by atoms with Crippen molar-refractivity contribution < 1.29 is 27.5 Å². The SMILES string of the molecule is COc1cccc2cc(C(=O)NCC3CCCO3)c(=Nc3cc(F)cc(F)c3)oc12. The maximum Gasteiger partial charge on any atom is 0.256 e. The number of nitrogens with zero attached hydrogens (tertiary/aromatic N) is 1. The summed E-state index contributed by atoms with van der Waals surface area (Å²) in [5, 5.41) is 3.45. The van der Waals surface area contributed by atoms with E-state index in [1.54, 1.807) is 24.3 Å². The molecule has 30 heavy (non-hydrogen) atoms. The quantitative estimate of drug-likeness (QED) is 0.688. The van der Waals surface area contributed by atoms with Crippen LogP contribution in [0.2, 0.25) is 0 Å². The standard InChI is InChI=1S/C22H20F2N2O4/c1-28-19-6-2-4-13-8-18(21(27)25-12-17-5-3-7-29-17)22(30-20(13)19)26-16-10-14(23)9-15(24)11-16/h2,4,6,8-11,17H,3,5,7,12H2,1H3,(H,25,27). The summed E-state index contributed by atoms with van der Waals surface area (Å²) in [7, 11) is 1.49. The molecule has 0 aliphatic carbocycles. The van der Waals surface area contributed by atoms with Gasteiger partial charge in [0.2, 0.25) is 5.55 Å². The maximum absolute atomic E-state index is 13.6. The number of para-hydroxylation sites is 1. The van der Waals surface area contributed by atoms with Crippen molar-refractivity contribution in [1.29, 1.82) is 0 Å². The molecule has 1 atom stereocenters. The van der Waals surface area contributed by atoms with Gasteiger partial charge >= 0.3 is 0 Å². The number of halogens is 2. The van der Waals surface area contributed by atoms with Crippen molar-refractivity contribution in [3.8, 4) is 5.75 Å². The number of carbonyl (C=O) groups excluding carboxylic acids is 1. The molecule has 1 N–H and O–H groups in total. The van der Waals surface area contributed by atoms with Crippen LogP contribution >= 0.6 is 0 Å². The molecule has 156 valence electrons. The summed E-state index contributed by atoms with van der Waals surface area (Å²) >= 11 is 0. The molecule has 2 aromatic carbocycles. The Kier molecular flexibility index (Phi) is 5.76. The number of methoxy groups -OCH3 is 1. The second-order valence-electron chi connectivity index (χ2n) is 6.93. The summed E-state index contributed by atoms with van der Waals surface area (Å²) in [6.45, 7) is 1.03. The van der Waals surface area contributed by atoms with Crippen LogP contribution in [0.4, 0.5) is 14.5 Å². The van der Waals surface area contributed by atoms with Crippen LogP contribution in [0.15, 0.2) is 51.9 Å². The van der Waals surface area contributed by atoms with Crippen LogP contribution in [0.5, 0.6) is 5.75 Å². The zero-order valence-electron chi connectivity index (χ0n) is 16.3. The largest absolute Gasteiger partial charge is 0.493 e. The third-order valence-electron chi connectivity index (χ3n) is 4.80. The molecule has 1 unspecified atom stereocenters. The Morgan fingerprint density at radius 2 is 2.03 bits per heavy atom. The van der Waals surface area contributed by atoms with Crippen LogP contribution in [-0.2, 0) is 4.74 Å². The van der Waals surface area contributed by atoms with E-state index in [1.165, 1.54) is 7.11 Å². The highest BCUT2D eigenvalue weighted by atomic mass is 19.1. The average Bonchev–Trinajstić information content (AvgIpc) is 3.24. The van der Waals surface area contributed by atoms with Gasteiger partial charge in [-0.1, -0.05) is 12.1 Å². The fourth-order valence-electron chi connectivity index (χ4n) is 3.36. The van der Waals surface area contributed by atoms with E-state index in [0.717, 1.165) is 31.0 Å². The second kappa shape index (κ2) is 8.62. The third-order valence-corrected chi connectivity index (χ3v) is 4.80. The summed E-state index contributed by atoms with van der Waals surface area (Å²) in [5.41, 5.74) is 0.408. The van der Waals surface area contributed by atoms with Crippen molar-refractivity contribution >= 4 is 22.6 Å². The number of fused-ring (bicyclic) bond motifs is 1. The lowest BCUT2D eigenvalue weighted by molar-refractivity contribution is 0.0854. The molecule has 1 amide bonds. The van der Waals surface area contributed by atoms with Crippen molar-refractivity contribution in [2.75, 3.05) is 20.3 Å². The molecular weight excluding hydrogens is 394 g/mol. The predicted octanol–water partition coefficient (Wildman–Crippen LogP) is 3.86. The molecule has 8 heteroatoms. The minimum absolute atomic E-state index is 0.0151. The van der Waals surface area contributed by atoms with Gasteiger partial charge in [-0.25, -0.2) is 13.8 Å². The average molecular weight is 414 g/mol. The minimum Gasteiger partial charge on any atom is -0.493 e. The zero-order valence-corrected chi connectivity index (χ0v) is 16.3. The summed E-state index contributed by atoms with van der Waals surface area (Å²) in [4.78, 5) is 17.1. The van der Waals surface area contributed by atoms with Crippen molar-refractivity contribution in [3.05, 3.63) is 65.2 Å². The number of rotatable bonds is 5. The molecule has 0 saturated carbocycles. The summed E-state index contributed by atoms with van der Waals surface area (Å²) in [5.74, 6) is -1.54. The summed E-state index contributed by atoms with van der Waals surface area (Å²) in [6, 6.07) is 9.70. The van der Waals surface area contributed by atoms with Crippen LogP contribution in [-0.4, -0.2) is 32.3 Å². The van der Waals surface area contributed by atoms with Crippen molar-refractivity contribution in [2.45, 2.75) is 18.9 Å². The Morgan fingerprint density at radius 1 is 1.23 bits per heavy atom. The molecule has 3 aromatic rings. The van der Waals surface area contributed by atoms with E-state index in [4.69, 9.17) is 13.9 Å². The van der Waals surface area contributed by atoms with Gasteiger partial charge in [-0.3, -0.25) is 4.79 Å². The first kappa shape index (κ1) is 20.0. The number of carbonyl (C=O) groups is 1. The van der Waals surface area contributed by atoms with Crippen LogP contribution in [0.3, 0.4) is 0 Å². The van der Waals surface area contributed by atoms with E-state index in [0.29, 0.717) is 29.9 Å². The Hall–Kier alpha value is -3.26. The molecule has 2 heterocycles.